The van der Waals surface area contributed by atoms with Gasteiger partial charge >= 0.3 is 0 Å². The van der Waals surface area contributed by atoms with Crippen molar-refractivity contribution in [2.45, 2.75) is 77.0 Å². The highest BCUT2D eigenvalue weighted by atomic mass is 14.9. The van der Waals surface area contributed by atoms with Gasteiger partial charge in [-0.05, 0) is 91.3 Å². The molecule has 3 aromatic carbocycles. The van der Waals surface area contributed by atoms with E-state index in [1.807, 2.05) is 31.4 Å². The monoisotopic (exact) mass is 655 g/mol. The van der Waals surface area contributed by atoms with Gasteiger partial charge < -0.3 is 0 Å². The zero-order valence-corrected chi connectivity index (χ0v) is 29.7. The summed E-state index contributed by atoms with van der Waals surface area (Å²) >= 11 is 0. The molecule has 3 aliphatic rings. The molecule has 3 aromatic rings. The maximum Gasteiger partial charge on any atom is 0.159 e. The van der Waals surface area contributed by atoms with Crippen LogP contribution in [0.3, 0.4) is 0 Å². The number of nitrogens with zero attached hydrogens (tertiary/aromatic N) is 3. The summed E-state index contributed by atoms with van der Waals surface area (Å²) in [5.74, 6) is 0.694. The molecule has 3 heteroatoms. The fraction of sp³-hybridized carbons (Fsp3) is 0.255. The highest BCUT2D eigenvalue weighted by Gasteiger charge is 2.35. The lowest BCUT2D eigenvalue weighted by Gasteiger charge is -2.39. The Bertz CT molecular complexity index is 1930. The zero-order valence-electron chi connectivity index (χ0n) is 29.7. The normalized spacial score (nSPS) is 18.2. The molecule has 0 amide bonds. The molecular weight excluding hydrogens is 607 g/mol. The minimum atomic E-state index is 0.0129. The number of hydrogen-bond acceptors (Lipinski definition) is 2. The van der Waals surface area contributed by atoms with Crippen LogP contribution in [0, 0.1) is 0 Å². The maximum atomic E-state index is 5.09. The first-order chi connectivity index (χ1) is 24.5. The Morgan fingerprint density at radius 3 is 2.04 bits per heavy atom. The van der Waals surface area contributed by atoms with Crippen molar-refractivity contribution in [3.05, 3.63) is 174 Å². The predicted octanol–water partition coefficient (Wildman–Crippen LogP) is 12.4. The van der Waals surface area contributed by atoms with Crippen LogP contribution in [0.2, 0.25) is 0 Å². The van der Waals surface area contributed by atoms with Gasteiger partial charge in [-0.25, -0.2) is 9.98 Å². The zero-order chi connectivity index (χ0) is 34.8. The number of rotatable bonds is 10. The molecule has 1 saturated carbocycles. The van der Waals surface area contributed by atoms with Gasteiger partial charge in [0.2, 0.25) is 0 Å². The van der Waals surface area contributed by atoms with Crippen LogP contribution >= 0.6 is 0 Å². The topological polar surface area (TPSA) is 37.1 Å². The minimum Gasteiger partial charge on any atom is -0.261 e. The van der Waals surface area contributed by atoms with Gasteiger partial charge in [-0.2, -0.15) is 0 Å². The van der Waals surface area contributed by atoms with Crippen molar-refractivity contribution in [2.75, 3.05) is 0 Å². The molecule has 0 N–H and O–H groups in total. The van der Waals surface area contributed by atoms with E-state index in [-0.39, 0.29) is 5.41 Å². The Hall–Kier alpha value is -5.15. The highest BCUT2D eigenvalue weighted by Crippen LogP contribution is 2.45. The van der Waals surface area contributed by atoms with E-state index >= 15 is 0 Å². The van der Waals surface area contributed by atoms with Crippen LogP contribution in [0.25, 0.3) is 17.0 Å². The lowest BCUT2D eigenvalue weighted by Crippen LogP contribution is -2.30. The Morgan fingerprint density at radius 1 is 0.760 bits per heavy atom. The standard InChI is InChI=1S/C47H49N3/c1-5-15-39(16-6-2)40-22-20-37(21-23-40)35(3)49-46(42-17-9-7-10-18-42)50-36(4)38-24-28-43(29-25-38)47(32-12-8-13-33-47)44-30-26-41(27-31-44)45-19-11-14-34-48-45/h5-6,9,15-31,34H,1,4,7-8,10-14,32-33H2,2-3H3/b16-6-,39-15+,49-35?,50-46?. The third kappa shape index (κ3) is 8.00. The van der Waals surface area contributed by atoms with E-state index in [2.05, 4.69) is 128 Å². The maximum absolute atomic E-state index is 5.09. The van der Waals surface area contributed by atoms with Gasteiger partial charge in [-0.3, -0.25) is 4.99 Å². The van der Waals surface area contributed by atoms with E-state index in [4.69, 9.17) is 9.98 Å². The van der Waals surface area contributed by atoms with E-state index in [1.165, 1.54) is 36.0 Å². The highest BCUT2D eigenvalue weighted by molar-refractivity contribution is 6.13. The summed E-state index contributed by atoms with van der Waals surface area (Å²) < 4.78 is 0. The number of benzene rings is 3. The lowest BCUT2D eigenvalue weighted by molar-refractivity contribution is 0.346. The molecule has 3 nitrogen and oxygen atoms in total. The molecule has 0 saturated heterocycles. The first-order valence-electron chi connectivity index (χ1n) is 18.2. The van der Waals surface area contributed by atoms with Gasteiger partial charge in [0.15, 0.2) is 5.84 Å². The summed E-state index contributed by atoms with van der Waals surface area (Å²) in [5, 5.41) is 0. The van der Waals surface area contributed by atoms with Crippen molar-refractivity contribution in [3.8, 4) is 0 Å². The van der Waals surface area contributed by atoms with E-state index < -0.39 is 0 Å². The van der Waals surface area contributed by atoms with Crippen LogP contribution in [0.5, 0.6) is 0 Å². The molecular formula is C47H49N3. The summed E-state index contributed by atoms with van der Waals surface area (Å²) in [6, 6.07) is 26.7. The fourth-order valence-corrected chi connectivity index (χ4v) is 7.35. The molecule has 0 radical (unpaired) electrons. The van der Waals surface area contributed by atoms with Crippen molar-refractivity contribution in [2.24, 2.45) is 15.0 Å². The average molecular weight is 656 g/mol. The van der Waals surface area contributed by atoms with Gasteiger partial charge in [-0.15, -0.1) is 0 Å². The molecule has 1 aliphatic heterocycles. The molecule has 0 atom stereocenters. The first kappa shape index (κ1) is 34.7. The largest absolute Gasteiger partial charge is 0.261 e. The summed E-state index contributed by atoms with van der Waals surface area (Å²) in [6.07, 6.45) is 29.0. The van der Waals surface area contributed by atoms with Crippen molar-refractivity contribution < 1.29 is 0 Å². The molecule has 0 bridgehead atoms. The van der Waals surface area contributed by atoms with Crippen molar-refractivity contribution in [3.63, 3.8) is 0 Å². The van der Waals surface area contributed by atoms with Crippen molar-refractivity contribution in [1.29, 1.82) is 0 Å². The number of allylic oxidation sites excluding steroid dienone is 8. The molecule has 0 spiro atoms. The smallest absolute Gasteiger partial charge is 0.159 e. The van der Waals surface area contributed by atoms with Crippen LogP contribution in [0.1, 0.15) is 105 Å². The number of aliphatic imine (C=N–C) groups is 3. The predicted molar refractivity (Wildman–Crippen MR) is 217 cm³/mol. The third-order valence-electron chi connectivity index (χ3n) is 10.1. The van der Waals surface area contributed by atoms with Crippen LogP contribution in [-0.4, -0.2) is 17.8 Å². The molecule has 1 fully saturated rings. The summed E-state index contributed by atoms with van der Waals surface area (Å²) in [5.41, 5.74) is 12.1. The second kappa shape index (κ2) is 16.5. The molecule has 1 heterocycles. The van der Waals surface area contributed by atoms with Gasteiger partial charge in [0.25, 0.3) is 0 Å². The summed E-state index contributed by atoms with van der Waals surface area (Å²) in [6.45, 7) is 12.4. The van der Waals surface area contributed by atoms with Gasteiger partial charge in [0, 0.05) is 22.9 Å². The quantitative estimate of drug-likeness (QED) is 0.118. The SMILES string of the molecule is C=C/C=C(\C=C/C)c1ccc(C(C)=NC(=NC(=C)c2ccc(C3(c4ccc(C5=CCCC=N5)cc4)CCCCC3)cc2)C2=CCCC=C2)cc1. The molecule has 50 heavy (non-hydrogen) atoms. The minimum absolute atomic E-state index is 0.0129. The molecule has 252 valence electrons. The summed E-state index contributed by atoms with van der Waals surface area (Å²) in [4.78, 5) is 14.8. The number of hydrogen-bond donors (Lipinski definition) is 0. The van der Waals surface area contributed by atoms with Crippen LogP contribution in [0.15, 0.2) is 155 Å². The van der Waals surface area contributed by atoms with E-state index in [0.29, 0.717) is 11.5 Å². The molecule has 2 aliphatic carbocycles. The Morgan fingerprint density at radius 2 is 1.42 bits per heavy atom. The molecule has 0 unspecified atom stereocenters. The second-order valence-corrected chi connectivity index (χ2v) is 13.4. The second-order valence-electron chi connectivity index (χ2n) is 13.4. The van der Waals surface area contributed by atoms with Crippen LogP contribution in [0.4, 0.5) is 0 Å². The average Bonchev–Trinajstić information content (AvgIpc) is 3.18. The van der Waals surface area contributed by atoms with E-state index in [9.17, 15) is 0 Å². The van der Waals surface area contributed by atoms with Crippen LogP contribution < -0.4 is 0 Å². The Kier molecular flexibility index (Phi) is 11.5. The van der Waals surface area contributed by atoms with Crippen molar-refractivity contribution in [1.82, 2.24) is 0 Å². The third-order valence-corrected chi connectivity index (χ3v) is 10.1. The lowest BCUT2D eigenvalue weighted by atomic mass is 9.65. The van der Waals surface area contributed by atoms with Gasteiger partial charge in [0.1, 0.15) is 0 Å². The molecule has 6 rings (SSSR count). The van der Waals surface area contributed by atoms with E-state index in [1.54, 1.807) is 0 Å². The molecule has 0 aromatic heterocycles. The summed E-state index contributed by atoms with van der Waals surface area (Å²) in [7, 11) is 0. The van der Waals surface area contributed by atoms with Crippen molar-refractivity contribution >= 4 is 34.7 Å². The van der Waals surface area contributed by atoms with Crippen LogP contribution in [-0.2, 0) is 5.41 Å². The first-order valence-corrected chi connectivity index (χ1v) is 18.2. The van der Waals surface area contributed by atoms with Gasteiger partial charge in [-0.1, -0.05) is 154 Å². The van der Waals surface area contributed by atoms with E-state index in [0.717, 1.165) is 77.8 Å². The van der Waals surface area contributed by atoms with Gasteiger partial charge in [0.05, 0.1) is 11.4 Å². The number of amidine groups is 1. The fourth-order valence-electron chi connectivity index (χ4n) is 7.35. The Balaban J connectivity index is 1.27. The Labute approximate surface area is 299 Å².